The lowest BCUT2D eigenvalue weighted by Gasteiger charge is -1.94. The summed E-state index contributed by atoms with van der Waals surface area (Å²) in [6.07, 6.45) is 0. The van der Waals surface area contributed by atoms with Crippen LogP contribution >= 0.6 is 11.6 Å². The maximum absolute atomic E-state index is 11.1. The van der Waals surface area contributed by atoms with Crippen molar-refractivity contribution in [3.8, 4) is 11.4 Å². The third-order valence-corrected chi connectivity index (χ3v) is 2.14. The molecule has 0 aliphatic heterocycles. The van der Waals surface area contributed by atoms with Gasteiger partial charge in [0.2, 0.25) is 0 Å². The van der Waals surface area contributed by atoms with Gasteiger partial charge in [-0.25, -0.2) is 9.48 Å². The minimum absolute atomic E-state index is 0.227. The average Bonchev–Trinajstić information content (AvgIpc) is 2.48. The van der Waals surface area contributed by atoms with Gasteiger partial charge in [0.25, 0.3) is 0 Å². The van der Waals surface area contributed by atoms with Crippen LogP contribution in [0.15, 0.2) is 29.1 Å². The zero-order valence-corrected chi connectivity index (χ0v) is 8.25. The number of H-pyrrole nitrogens is 1. The molecule has 0 amide bonds. The monoisotopic (exact) mass is 209 g/mol. The lowest BCUT2D eigenvalue weighted by molar-refractivity contribution is 0.736. The van der Waals surface area contributed by atoms with E-state index in [2.05, 4.69) is 10.1 Å². The van der Waals surface area contributed by atoms with Gasteiger partial charge in [0, 0.05) is 17.6 Å². The molecular weight excluding hydrogens is 202 g/mol. The van der Waals surface area contributed by atoms with Crippen LogP contribution in [0.1, 0.15) is 0 Å². The number of aromatic amines is 1. The van der Waals surface area contributed by atoms with Gasteiger partial charge in [0.15, 0.2) is 5.82 Å². The molecule has 0 radical (unpaired) electrons. The number of nitrogens with one attached hydrogen (secondary N) is 1. The first-order chi connectivity index (χ1) is 6.66. The summed E-state index contributed by atoms with van der Waals surface area (Å²) in [6, 6.07) is 7.12. The largest absolute Gasteiger partial charge is 0.343 e. The molecule has 0 atom stereocenters. The highest BCUT2D eigenvalue weighted by molar-refractivity contribution is 6.30. The maximum Gasteiger partial charge on any atom is 0.343 e. The van der Waals surface area contributed by atoms with E-state index in [9.17, 15) is 4.79 Å². The topological polar surface area (TPSA) is 50.7 Å². The van der Waals surface area contributed by atoms with Crippen molar-refractivity contribution >= 4 is 11.6 Å². The SMILES string of the molecule is Cn1nc(-c2ccc(Cl)cc2)[nH]c1=O. The molecule has 2 aromatic rings. The molecule has 0 aliphatic carbocycles. The smallest absolute Gasteiger partial charge is 0.289 e. The Morgan fingerprint density at radius 1 is 1.36 bits per heavy atom. The van der Waals surface area contributed by atoms with Crippen molar-refractivity contribution in [2.75, 3.05) is 0 Å². The Morgan fingerprint density at radius 2 is 2.00 bits per heavy atom. The first-order valence-electron chi connectivity index (χ1n) is 4.06. The van der Waals surface area contributed by atoms with Gasteiger partial charge in [0.05, 0.1) is 0 Å². The Labute approximate surface area is 85.1 Å². The number of hydrogen-bond donors (Lipinski definition) is 1. The van der Waals surface area contributed by atoms with E-state index in [1.165, 1.54) is 4.68 Å². The predicted molar refractivity (Wildman–Crippen MR) is 54.3 cm³/mol. The Balaban J connectivity index is 2.49. The summed E-state index contributed by atoms with van der Waals surface area (Å²) < 4.78 is 1.25. The van der Waals surface area contributed by atoms with Crippen molar-refractivity contribution in [1.29, 1.82) is 0 Å². The minimum Gasteiger partial charge on any atom is -0.289 e. The molecule has 0 bridgehead atoms. The molecule has 1 N–H and O–H groups in total. The Morgan fingerprint density at radius 3 is 2.50 bits per heavy atom. The second-order valence-electron chi connectivity index (χ2n) is 2.91. The third-order valence-electron chi connectivity index (χ3n) is 1.89. The molecule has 5 heteroatoms. The molecule has 0 spiro atoms. The van der Waals surface area contributed by atoms with Gasteiger partial charge in [-0.15, -0.1) is 0 Å². The summed E-state index contributed by atoms with van der Waals surface area (Å²) in [5.74, 6) is 0.550. The lowest BCUT2D eigenvalue weighted by Crippen LogP contribution is -2.13. The first kappa shape index (κ1) is 9.02. The highest BCUT2D eigenvalue weighted by Crippen LogP contribution is 2.16. The summed E-state index contributed by atoms with van der Waals surface area (Å²) in [6.45, 7) is 0. The fourth-order valence-corrected chi connectivity index (χ4v) is 1.27. The number of aromatic nitrogens is 3. The van der Waals surface area contributed by atoms with Gasteiger partial charge in [-0.1, -0.05) is 11.6 Å². The van der Waals surface area contributed by atoms with Crippen LogP contribution in [-0.2, 0) is 7.05 Å². The molecule has 0 saturated heterocycles. The highest BCUT2D eigenvalue weighted by Gasteiger charge is 2.03. The van der Waals surface area contributed by atoms with Gasteiger partial charge in [-0.05, 0) is 24.3 Å². The van der Waals surface area contributed by atoms with Crippen molar-refractivity contribution in [2.24, 2.45) is 7.05 Å². The van der Waals surface area contributed by atoms with Crippen LogP contribution in [0.4, 0.5) is 0 Å². The molecule has 14 heavy (non-hydrogen) atoms. The van der Waals surface area contributed by atoms with Crippen molar-refractivity contribution in [1.82, 2.24) is 14.8 Å². The van der Waals surface area contributed by atoms with Crippen molar-refractivity contribution in [3.63, 3.8) is 0 Å². The van der Waals surface area contributed by atoms with Gasteiger partial charge >= 0.3 is 5.69 Å². The summed E-state index contributed by atoms with van der Waals surface area (Å²) in [4.78, 5) is 13.7. The molecule has 72 valence electrons. The predicted octanol–water partition coefficient (Wildman–Crippen LogP) is 1.43. The van der Waals surface area contributed by atoms with Gasteiger partial charge in [-0.2, -0.15) is 5.10 Å². The van der Waals surface area contributed by atoms with E-state index >= 15 is 0 Å². The summed E-state index contributed by atoms with van der Waals surface area (Å²) >= 11 is 5.74. The second-order valence-corrected chi connectivity index (χ2v) is 3.35. The Hall–Kier alpha value is -1.55. The van der Waals surface area contributed by atoms with Gasteiger partial charge in [-0.3, -0.25) is 4.98 Å². The van der Waals surface area contributed by atoms with Gasteiger partial charge in [0.1, 0.15) is 0 Å². The number of aryl methyl sites for hydroxylation is 1. The summed E-state index contributed by atoms with van der Waals surface area (Å²) in [5.41, 5.74) is 0.613. The number of hydrogen-bond acceptors (Lipinski definition) is 2. The van der Waals surface area contributed by atoms with Crippen LogP contribution in [0.3, 0.4) is 0 Å². The van der Waals surface area contributed by atoms with Crippen molar-refractivity contribution in [2.45, 2.75) is 0 Å². The fourth-order valence-electron chi connectivity index (χ4n) is 1.14. The van der Waals surface area contributed by atoms with Crippen LogP contribution < -0.4 is 5.69 Å². The van der Waals surface area contributed by atoms with Gasteiger partial charge < -0.3 is 0 Å². The third kappa shape index (κ3) is 1.56. The molecule has 0 saturated carbocycles. The molecule has 4 nitrogen and oxygen atoms in total. The molecule has 1 aromatic heterocycles. The van der Waals surface area contributed by atoms with E-state index in [4.69, 9.17) is 11.6 Å². The number of rotatable bonds is 1. The molecule has 0 aliphatic rings. The zero-order valence-electron chi connectivity index (χ0n) is 7.49. The Kier molecular flexibility index (Phi) is 2.13. The summed E-state index contributed by atoms with van der Waals surface area (Å²) in [5, 5.41) is 4.67. The van der Waals surface area contributed by atoms with E-state index in [1.807, 2.05) is 0 Å². The molecule has 1 aromatic carbocycles. The lowest BCUT2D eigenvalue weighted by atomic mass is 10.2. The molecule has 1 heterocycles. The number of nitrogens with zero attached hydrogens (tertiary/aromatic N) is 2. The minimum atomic E-state index is -0.227. The van der Waals surface area contributed by atoms with Crippen LogP contribution in [-0.4, -0.2) is 14.8 Å². The van der Waals surface area contributed by atoms with Crippen molar-refractivity contribution < 1.29 is 0 Å². The standard InChI is InChI=1S/C9H8ClN3O/c1-13-9(14)11-8(12-13)6-2-4-7(10)5-3-6/h2-5H,1H3,(H,11,12,14). The Bertz CT molecular complexity index is 498. The molecule has 0 fully saturated rings. The molecule has 0 unspecified atom stereocenters. The first-order valence-corrected chi connectivity index (χ1v) is 4.44. The van der Waals surface area contributed by atoms with E-state index in [0.29, 0.717) is 10.8 Å². The van der Waals surface area contributed by atoms with Crippen LogP contribution in [0.2, 0.25) is 5.02 Å². The molecule has 2 rings (SSSR count). The number of halogens is 1. The van der Waals surface area contributed by atoms with Crippen LogP contribution in [0, 0.1) is 0 Å². The maximum atomic E-state index is 11.1. The zero-order chi connectivity index (χ0) is 10.1. The van der Waals surface area contributed by atoms with E-state index in [1.54, 1.807) is 31.3 Å². The van der Waals surface area contributed by atoms with Crippen LogP contribution in [0.5, 0.6) is 0 Å². The fraction of sp³-hybridized carbons (Fsp3) is 0.111. The normalized spacial score (nSPS) is 10.4. The van der Waals surface area contributed by atoms with E-state index in [0.717, 1.165) is 5.56 Å². The van der Waals surface area contributed by atoms with Crippen LogP contribution in [0.25, 0.3) is 11.4 Å². The average molecular weight is 210 g/mol. The van der Waals surface area contributed by atoms with E-state index in [-0.39, 0.29) is 5.69 Å². The second kappa shape index (κ2) is 3.31. The quantitative estimate of drug-likeness (QED) is 0.773. The van der Waals surface area contributed by atoms with Crippen molar-refractivity contribution in [3.05, 3.63) is 39.8 Å². The molecular formula is C9H8ClN3O. The van der Waals surface area contributed by atoms with E-state index < -0.39 is 0 Å². The highest BCUT2D eigenvalue weighted by atomic mass is 35.5. The number of benzene rings is 1. The summed E-state index contributed by atoms with van der Waals surface area (Å²) in [7, 11) is 1.60.